The van der Waals surface area contributed by atoms with Crippen molar-refractivity contribution in [2.24, 2.45) is 0 Å². The van der Waals surface area contributed by atoms with Crippen molar-refractivity contribution in [1.29, 1.82) is 0 Å². The first-order chi connectivity index (χ1) is 11.5. The molecule has 2 amide bonds. The van der Waals surface area contributed by atoms with Crippen molar-refractivity contribution in [2.45, 2.75) is 25.8 Å². The molecule has 0 bridgehead atoms. The van der Waals surface area contributed by atoms with Gasteiger partial charge in [-0.1, -0.05) is 24.3 Å². The Morgan fingerprint density at radius 2 is 1.92 bits per heavy atom. The van der Waals surface area contributed by atoms with E-state index in [4.69, 9.17) is 0 Å². The van der Waals surface area contributed by atoms with E-state index in [-0.39, 0.29) is 24.1 Å². The van der Waals surface area contributed by atoms with E-state index in [0.29, 0.717) is 18.7 Å². The summed E-state index contributed by atoms with van der Waals surface area (Å²) in [5.74, 6) is -0.656. The fraction of sp³-hybridized carbons (Fsp3) is 0.263. The van der Waals surface area contributed by atoms with Gasteiger partial charge in [-0.3, -0.25) is 9.59 Å². The summed E-state index contributed by atoms with van der Waals surface area (Å²) < 4.78 is 13.0. The van der Waals surface area contributed by atoms with E-state index in [2.05, 4.69) is 5.32 Å². The average molecular weight is 326 g/mol. The van der Waals surface area contributed by atoms with Gasteiger partial charge in [-0.15, -0.1) is 0 Å². The highest BCUT2D eigenvalue weighted by atomic mass is 19.1. The summed E-state index contributed by atoms with van der Waals surface area (Å²) >= 11 is 0. The maximum absolute atomic E-state index is 13.0. The van der Waals surface area contributed by atoms with E-state index in [1.165, 1.54) is 12.1 Å². The lowest BCUT2D eigenvalue weighted by Crippen LogP contribution is -2.42. The van der Waals surface area contributed by atoms with Crippen LogP contribution in [0.1, 0.15) is 17.5 Å². The summed E-state index contributed by atoms with van der Waals surface area (Å²) in [4.78, 5) is 26.3. The minimum absolute atomic E-state index is 0.153. The predicted octanol–water partition coefficient (Wildman–Crippen LogP) is 2.60. The molecule has 24 heavy (non-hydrogen) atoms. The maximum Gasteiger partial charge on any atom is 0.249 e. The van der Waals surface area contributed by atoms with Gasteiger partial charge >= 0.3 is 0 Å². The quantitative estimate of drug-likeness (QED) is 0.939. The van der Waals surface area contributed by atoms with E-state index in [1.54, 1.807) is 17.0 Å². The molecule has 124 valence electrons. The molecule has 4 nitrogen and oxygen atoms in total. The van der Waals surface area contributed by atoms with E-state index in [0.717, 1.165) is 11.1 Å². The number of hydrogen-bond donors (Lipinski definition) is 1. The molecule has 1 aliphatic heterocycles. The topological polar surface area (TPSA) is 49.4 Å². The molecule has 1 atom stereocenters. The number of halogens is 1. The summed E-state index contributed by atoms with van der Waals surface area (Å²) in [6.45, 7) is 2.47. The summed E-state index contributed by atoms with van der Waals surface area (Å²) in [6.07, 6.45) is 0.808. The van der Waals surface area contributed by atoms with Gasteiger partial charge in [0.05, 0.1) is 6.42 Å². The summed E-state index contributed by atoms with van der Waals surface area (Å²) in [5.41, 5.74) is 2.66. The third kappa shape index (κ3) is 3.45. The Morgan fingerprint density at radius 1 is 1.21 bits per heavy atom. The van der Waals surface area contributed by atoms with Crippen LogP contribution >= 0.6 is 0 Å². The smallest absolute Gasteiger partial charge is 0.249 e. The number of carbonyl (C=O) groups is 2. The molecule has 2 aromatic carbocycles. The van der Waals surface area contributed by atoms with Crippen LogP contribution in [0, 0.1) is 12.7 Å². The lowest BCUT2D eigenvalue weighted by Gasteiger charge is -2.17. The van der Waals surface area contributed by atoms with E-state index in [9.17, 15) is 14.0 Å². The Kier molecular flexibility index (Phi) is 4.60. The van der Waals surface area contributed by atoms with Gasteiger partial charge in [-0.2, -0.15) is 0 Å². The molecule has 0 spiro atoms. The molecular formula is C19H19FN2O2. The minimum Gasteiger partial charge on any atom is -0.344 e. The van der Waals surface area contributed by atoms with Crippen LogP contribution in [0.4, 0.5) is 10.1 Å². The second-order valence-corrected chi connectivity index (χ2v) is 5.98. The Hall–Kier alpha value is -2.69. The number of hydrogen-bond acceptors (Lipinski definition) is 2. The lowest BCUT2D eigenvalue weighted by molar-refractivity contribution is -0.126. The number of amides is 2. The van der Waals surface area contributed by atoms with Crippen molar-refractivity contribution in [2.75, 3.05) is 11.4 Å². The lowest BCUT2D eigenvalue weighted by atomic mass is 10.1. The Balaban J connectivity index is 1.62. The fourth-order valence-corrected chi connectivity index (χ4v) is 2.92. The van der Waals surface area contributed by atoms with Crippen LogP contribution in [0.3, 0.4) is 0 Å². The van der Waals surface area contributed by atoms with Gasteiger partial charge < -0.3 is 10.2 Å². The van der Waals surface area contributed by atoms with Gasteiger partial charge in [0.1, 0.15) is 11.9 Å². The van der Waals surface area contributed by atoms with E-state index in [1.807, 2.05) is 31.2 Å². The largest absolute Gasteiger partial charge is 0.344 e. The number of carbonyl (C=O) groups excluding carboxylic acids is 2. The molecule has 0 radical (unpaired) electrons. The highest BCUT2D eigenvalue weighted by Gasteiger charge is 2.33. The standard InChI is InChI=1S/C19H19FN2O2/c1-13-4-2-3-5-14(13)12-18(23)21-17-10-11-22(19(17)24)16-8-6-15(20)7-9-16/h2-9,17H,10-12H2,1H3,(H,21,23). The average Bonchev–Trinajstić information content (AvgIpc) is 2.91. The van der Waals surface area contributed by atoms with Crippen LogP contribution in [0.25, 0.3) is 0 Å². The second kappa shape index (κ2) is 6.83. The number of rotatable bonds is 4. The first kappa shape index (κ1) is 16.2. The van der Waals surface area contributed by atoms with Gasteiger partial charge in [-0.05, 0) is 48.7 Å². The molecule has 1 fully saturated rings. The molecule has 3 rings (SSSR count). The number of anilines is 1. The molecule has 1 heterocycles. The molecule has 0 aromatic heterocycles. The van der Waals surface area contributed by atoms with Crippen LogP contribution < -0.4 is 10.2 Å². The number of aryl methyl sites for hydroxylation is 1. The van der Waals surface area contributed by atoms with Crippen molar-refractivity contribution in [3.05, 3.63) is 65.5 Å². The molecule has 5 heteroatoms. The molecule has 0 aliphatic carbocycles. The molecule has 0 saturated carbocycles. The molecular weight excluding hydrogens is 307 g/mol. The van der Waals surface area contributed by atoms with E-state index < -0.39 is 6.04 Å². The zero-order chi connectivity index (χ0) is 17.1. The van der Waals surface area contributed by atoms with Gasteiger partial charge in [0, 0.05) is 12.2 Å². The maximum atomic E-state index is 13.0. The van der Waals surface area contributed by atoms with Crippen LogP contribution in [-0.2, 0) is 16.0 Å². The highest BCUT2D eigenvalue weighted by molar-refractivity contribution is 6.01. The Bertz CT molecular complexity index is 758. The first-order valence-electron chi connectivity index (χ1n) is 7.95. The number of nitrogens with zero attached hydrogens (tertiary/aromatic N) is 1. The zero-order valence-electron chi connectivity index (χ0n) is 13.5. The Morgan fingerprint density at radius 3 is 2.62 bits per heavy atom. The van der Waals surface area contributed by atoms with Crippen LogP contribution in [0.15, 0.2) is 48.5 Å². The van der Waals surface area contributed by atoms with E-state index >= 15 is 0 Å². The molecule has 1 aliphatic rings. The molecule has 1 saturated heterocycles. The predicted molar refractivity (Wildman–Crippen MR) is 90.2 cm³/mol. The summed E-state index contributed by atoms with van der Waals surface area (Å²) in [7, 11) is 0. The second-order valence-electron chi connectivity index (χ2n) is 5.98. The number of nitrogens with one attached hydrogen (secondary N) is 1. The Labute approximate surface area is 140 Å². The third-order valence-corrected chi connectivity index (χ3v) is 4.29. The minimum atomic E-state index is -0.522. The van der Waals surface area contributed by atoms with Crippen LogP contribution in [0.5, 0.6) is 0 Å². The SMILES string of the molecule is Cc1ccccc1CC(=O)NC1CCN(c2ccc(F)cc2)C1=O. The first-order valence-corrected chi connectivity index (χ1v) is 7.95. The summed E-state index contributed by atoms with van der Waals surface area (Å²) in [5, 5.41) is 2.81. The van der Waals surface area contributed by atoms with Crippen LogP contribution in [-0.4, -0.2) is 24.4 Å². The van der Waals surface area contributed by atoms with Gasteiger partial charge in [0.2, 0.25) is 11.8 Å². The molecule has 1 N–H and O–H groups in total. The highest BCUT2D eigenvalue weighted by Crippen LogP contribution is 2.22. The molecule has 2 aromatic rings. The fourth-order valence-electron chi connectivity index (χ4n) is 2.92. The molecule has 1 unspecified atom stereocenters. The zero-order valence-corrected chi connectivity index (χ0v) is 13.5. The van der Waals surface area contributed by atoms with Crippen molar-refractivity contribution >= 4 is 17.5 Å². The van der Waals surface area contributed by atoms with Gasteiger partial charge in [-0.25, -0.2) is 4.39 Å². The van der Waals surface area contributed by atoms with Gasteiger partial charge in [0.15, 0.2) is 0 Å². The van der Waals surface area contributed by atoms with Crippen molar-refractivity contribution in [3.8, 4) is 0 Å². The van der Waals surface area contributed by atoms with Gasteiger partial charge in [0.25, 0.3) is 0 Å². The van der Waals surface area contributed by atoms with Crippen molar-refractivity contribution < 1.29 is 14.0 Å². The van der Waals surface area contributed by atoms with Crippen LogP contribution in [0.2, 0.25) is 0 Å². The summed E-state index contributed by atoms with van der Waals surface area (Å²) in [6, 6.07) is 13.0. The number of benzene rings is 2. The normalized spacial score (nSPS) is 17.2. The monoisotopic (exact) mass is 326 g/mol. The third-order valence-electron chi connectivity index (χ3n) is 4.29. The van der Waals surface area contributed by atoms with Crippen molar-refractivity contribution in [1.82, 2.24) is 5.32 Å². The van der Waals surface area contributed by atoms with Crippen molar-refractivity contribution in [3.63, 3.8) is 0 Å².